The van der Waals surface area contributed by atoms with Gasteiger partial charge in [-0.2, -0.15) is 0 Å². The average molecular weight is 248 g/mol. The van der Waals surface area contributed by atoms with E-state index >= 15 is 0 Å². The lowest BCUT2D eigenvalue weighted by Gasteiger charge is -2.36. The molecule has 0 aromatic heterocycles. The lowest BCUT2D eigenvalue weighted by molar-refractivity contribution is -0.152. The van der Waals surface area contributed by atoms with Gasteiger partial charge in [-0.1, -0.05) is 19.9 Å². The normalized spacial score (nSPS) is 50.7. The number of hydrogen-bond acceptors (Lipinski definition) is 3. The predicted molar refractivity (Wildman–Crippen MR) is 66.7 cm³/mol. The molecule has 1 saturated heterocycles. The summed E-state index contributed by atoms with van der Waals surface area (Å²) in [6, 6.07) is 0. The van der Waals surface area contributed by atoms with E-state index in [1.54, 1.807) is 6.08 Å². The van der Waals surface area contributed by atoms with Crippen molar-refractivity contribution < 1.29 is 14.3 Å². The van der Waals surface area contributed by atoms with Crippen LogP contribution in [0.15, 0.2) is 12.2 Å². The second kappa shape index (κ2) is 3.69. The van der Waals surface area contributed by atoms with Crippen molar-refractivity contribution in [2.45, 2.75) is 39.7 Å². The molecule has 3 aliphatic rings. The molecule has 2 aliphatic carbocycles. The summed E-state index contributed by atoms with van der Waals surface area (Å²) in [7, 11) is 0. The fraction of sp³-hybridized carbons (Fsp3) is 0.733. The van der Waals surface area contributed by atoms with Crippen LogP contribution in [-0.2, 0) is 14.3 Å². The third-order valence-corrected chi connectivity index (χ3v) is 5.48. The maximum atomic E-state index is 12.3. The highest BCUT2D eigenvalue weighted by Crippen LogP contribution is 2.54. The van der Waals surface area contributed by atoms with E-state index in [-0.39, 0.29) is 35.6 Å². The number of hydrogen-bond donors (Lipinski definition) is 0. The van der Waals surface area contributed by atoms with Crippen LogP contribution >= 0.6 is 0 Å². The van der Waals surface area contributed by atoms with Gasteiger partial charge in [0.05, 0.1) is 11.3 Å². The second-order valence-electron chi connectivity index (χ2n) is 6.40. The molecule has 1 aliphatic heterocycles. The topological polar surface area (TPSA) is 43.4 Å². The highest BCUT2D eigenvalue weighted by molar-refractivity contribution is 5.98. The Balaban J connectivity index is 2.06. The molecule has 3 nitrogen and oxygen atoms in total. The van der Waals surface area contributed by atoms with Gasteiger partial charge in [-0.25, -0.2) is 0 Å². The number of allylic oxidation sites excluding steroid dienone is 2. The van der Waals surface area contributed by atoms with Gasteiger partial charge in [-0.3, -0.25) is 9.59 Å². The van der Waals surface area contributed by atoms with Gasteiger partial charge < -0.3 is 4.74 Å². The molecule has 0 spiro atoms. The van der Waals surface area contributed by atoms with Crippen LogP contribution in [-0.4, -0.2) is 17.9 Å². The third kappa shape index (κ3) is 1.30. The summed E-state index contributed by atoms with van der Waals surface area (Å²) in [5.74, 6) is 0.856. The van der Waals surface area contributed by atoms with Crippen molar-refractivity contribution in [1.29, 1.82) is 0 Å². The second-order valence-corrected chi connectivity index (χ2v) is 6.40. The lowest BCUT2D eigenvalue weighted by atomic mass is 9.67. The Morgan fingerprint density at radius 3 is 2.72 bits per heavy atom. The Hall–Kier alpha value is -1.12. The molecular formula is C15H20O3. The zero-order valence-electron chi connectivity index (χ0n) is 11.2. The summed E-state index contributed by atoms with van der Waals surface area (Å²) in [4.78, 5) is 24.1. The zero-order chi connectivity index (χ0) is 13.1. The molecule has 18 heavy (non-hydrogen) atoms. The molecule has 1 heterocycles. The first kappa shape index (κ1) is 11.9. The first-order chi connectivity index (χ1) is 8.46. The first-order valence-corrected chi connectivity index (χ1v) is 6.89. The molecule has 0 aromatic rings. The van der Waals surface area contributed by atoms with Crippen molar-refractivity contribution >= 4 is 11.8 Å². The summed E-state index contributed by atoms with van der Waals surface area (Å²) in [6.07, 6.45) is 5.57. The molecule has 6 atom stereocenters. The fourth-order valence-corrected chi connectivity index (χ4v) is 4.21. The molecule has 0 aromatic carbocycles. The van der Waals surface area contributed by atoms with E-state index in [0.29, 0.717) is 5.92 Å². The number of rotatable bonds is 0. The van der Waals surface area contributed by atoms with E-state index in [4.69, 9.17) is 4.74 Å². The van der Waals surface area contributed by atoms with Gasteiger partial charge in [0.15, 0.2) is 5.78 Å². The van der Waals surface area contributed by atoms with Crippen molar-refractivity contribution in [3.8, 4) is 0 Å². The smallest absolute Gasteiger partial charge is 0.309 e. The third-order valence-electron chi connectivity index (χ3n) is 5.48. The minimum atomic E-state index is -0.527. The van der Waals surface area contributed by atoms with E-state index in [9.17, 15) is 9.59 Å². The number of carbonyl (C=O) groups is 2. The Labute approximate surface area is 108 Å². The Bertz CT molecular complexity index is 439. The molecule has 0 unspecified atom stereocenters. The van der Waals surface area contributed by atoms with E-state index < -0.39 is 5.41 Å². The number of carbonyl (C=O) groups excluding carboxylic acids is 2. The summed E-state index contributed by atoms with van der Waals surface area (Å²) >= 11 is 0. The molecule has 1 saturated carbocycles. The van der Waals surface area contributed by atoms with Crippen LogP contribution in [0.25, 0.3) is 0 Å². The van der Waals surface area contributed by atoms with Crippen LogP contribution in [0.5, 0.6) is 0 Å². The van der Waals surface area contributed by atoms with Gasteiger partial charge in [-0.15, -0.1) is 0 Å². The maximum absolute atomic E-state index is 12.3. The van der Waals surface area contributed by atoms with Crippen LogP contribution in [0.1, 0.15) is 33.6 Å². The summed E-state index contributed by atoms with van der Waals surface area (Å²) in [5.41, 5.74) is -0.527. The van der Waals surface area contributed by atoms with Gasteiger partial charge in [0.1, 0.15) is 6.10 Å². The Morgan fingerprint density at radius 2 is 2.00 bits per heavy atom. The minimum Gasteiger partial charge on any atom is -0.461 e. The monoisotopic (exact) mass is 248 g/mol. The number of ketones is 1. The van der Waals surface area contributed by atoms with Gasteiger partial charge in [-0.05, 0) is 37.7 Å². The van der Waals surface area contributed by atoms with Crippen LogP contribution in [0.4, 0.5) is 0 Å². The first-order valence-electron chi connectivity index (χ1n) is 6.89. The standard InChI is InChI=1S/C15H20O3/c1-8-4-5-10-9(2)14(17)18-13(10)15(3)11(8)6-7-12(15)16/h6-11,13H,4-5H2,1-3H3/t8-,9-,10+,11+,13-,15+/m0/s1. The quantitative estimate of drug-likeness (QED) is 0.618. The molecule has 3 heteroatoms. The van der Waals surface area contributed by atoms with Crippen LogP contribution in [0.2, 0.25) is 0 Å². The molecule has 2 fully saturated rings. The van der Waals surface area contributed by atoms with Crippen molar-refractivity contribution in [2.24, 2.45) is 29.1 Å². The molecule has 0 N–H and O–H groups in total. The number of ether oxygens (including phenoxy) is 1. The van der Waals surface area contributed by atoms with Crippen molar-refractivity contribution in [3.63, 3.8) is 0 Å². The lowest BCUT2D eigenvalue weighted by Crippen LogP contribution is -2.45. The largest absolute Gasteiger partial charge is 0.461 e. The van der Waals surface area contributed by atoms with Crippen LogP contribution < -0.4 is 0 Å². The maximum Gasteiger partial charge on any atom is 0.309 e. The highest BCUT2D eigenvalue weighted by Gasteiger charge is 2.60. The van der Waals surface area contributed by atoms with Gasteiger partial charge in [0.25, 0.3) is 0 Å². The van der Waals surface area contributed by atoms with Crippen LogP contribution in [0.3, 0.4) is 0 Å². The van der Waals surface area contributed by atoms with Gasteiger partial charge >= 0.3 is 5.97 Å². The van der Waals surface area contributed by atoms with E-state index in [0.717, 1.165) is 12.8 Å². The zero-order valence-corrected chi connectivity index (χ0v) is 11.2. The molecule has 0 amide bonds. The molecular weight excluding hydrogens is 228 g/mol. The van der Waals surface area contributed by atoms with E-state index in [2.05, 4.69) is 6.92 Å². The highest BCUT2D eigenvalue weighted by atomic mass is 16.6. The SMILES string of the molecule is C[C@@H]1C(=O)O[C@H]2[C@@H]1CC[C@H](C)[C@H]1C=CC(=O)[C@@]12C. The van der Waals surface area contributed by atoms with E-state index in [1.807, 2.05) is 19.9 Å². The molecule has 0 bridgehead atoms. The molecule has 3 rings (SSSR count). The Kier molecular flexibility index (Phi) is 2.45. The van der Waals surface area contributed by atoms with Crippen LogP contribution in [0, 0.1) is 29.1 Å². The van der Waals surface area contributed by atoms with Crippen molar-refractivity contribution in [1.82, 2.24) is 0 Å². The molecule has 98 valence electrons. The molecule has 0 radical (unpaired) electrons. The number of esters is 1. The van der Waals surface area contributed by atoms with Crippen molar-refractivity contribution in [3.05, 3.63) is 12.2 Å². The summed E-state index contributed by atoms with van der Waals surface area (Å²) in [5, 5.41) is 0. The predicted octanol–water partition coefficient (Wildman–Crippen LogP) is 2.36. The summed E-state index contributed by atoms with van der Waals surface area (Å²) < 4.78 is 5.59. The summed E-state index contributed by atoms with van der Waals surface area (Å²) in [6.45, 7) is 6.14. The van der Waals surface area contributed by atoms with Gasteiger partial charge in [0, 0.05) is 5.92 Å². The fourth-order valence-electron chi connectivity index (χ4n) is 4.21. The van der Waals surface area contributed by atoms with Crippen molar-refractivity contribution in [2.75, 3.05) is 0 Å². The number of fused-ring (bicyclic) bond motifs is 3. The average Bonchev–Trinajstić information content (AvgIpc) is 2.75. The van der Waals surface area contributed by atoms with E-state index in [1.165, 1.54) is 0 Å². The minimum absolute atomic E-state index is 0.0637. The van der Waals surface area contributed by atoms with Gasteiger partial charge in [0.2, 0.25) is 0 Å². The Morgan fingerprint density at radius 1 is 1.28 bits per heavy atom.